The fourth-order valence-corrected chi connectivity index (χ4v) is 9.59. The molecular weight excluding hydrogens is 693 g/mol. The van der Waals surface area contributed by atoms with Gasteiger partial charge in [-0.1, -0.05) is 133 Å². The highest BCUT2D eigenvalue weighted by atomic mass is 15.0. The Hall–Kier alpha value is -7.69. The Balaban J connectivity index is 1.16. The minimum Gasteiger partial charge on any atom is -0.309 e. The average molecular weight is 727 g/mol. The number of hydrogen-bond acceptors (Lipinski definition) is 1. The molecule has 4 heterocycles. The minimum atomic E-state index is 0.490. The number of rotatable bonds is 3. The SMILES string of the molecule is [2H]c1ccc2c(c1)c1ccccc1n2-c1cc(-c2ccc3c4ccc5ccccc5c4c4nc5ccccc5n4c3c2)cc(-n2c3ccccc3c3cc([2H])ccc32)c1. The summed E-state index contributed by atoms with van der Waals surface area (Å²) in [6, 6.07) is 65.1. The molecule has 264 valence electrons. The molecule has 0 aliphatic carbocycles. The highest BCUT2D eigenvalue weighted by Gasteiger charge is 2.20. The number of aromatic nitrogens is 4. The predicted molar refractivity (Wildman–Crippen MR) is 239 cm³/mol. The van der Waals surface area contributed by atoms with E-state index >= 15 is 0 Å². The van der Waals surface area contributed by atoms with Crippen LogP contribution in [-0.2, 0) is 0 Å². The lowest BCUT2D eigenvalue weighted by atomic mass is 9.97. The van der Waals surface area contributed by atoms with E-state index in [0.29, 0.717) is 12.1 Å². The number of nitrogens with zero attached hydrogens (tertiary/aromatic N) is 4. The van der Waals surface area contributed by atoms with E-state index in [1.165, 1.54) is 21.5 Å². The largest absolute Gasteiger partial charge is 0.309 e. The number of imidazole rings is 1. The molecule has 0 saturated carbocycles. The second-order valence-electron chi connectivity index (χ2n) is 15.0. The Morgan fingerprint density at radius 1 is 0.368 bits per heavy atom. The molecule has 0 aliphatic heterocycles. The van der Waals surface area contributed by atoms with Crippen LogP contribution in [0.1, 0.15) is 2.74 Å². The topological polar surface area (TPSA) is 27.2 Å². The summed E-state index contributed by atoms with van der Waals surface area (Å²) in [6.07, 6.45) is 0. The Bertz CT molecular complexity index is 3810. The van der Waals surface area contributed by atoms with Crippen molar-refractivity contribution in [1.82, 2.24) is 18.5 Å². The first kappa shape index (κ1) is 28.7. The average Bonchev–Trinajstić information content (AvgIpc) is 3.94. The summed E-state index contributed by atoms with van der Waals surface area (Å²) >= 11 is 0. The van der Waals surface area contributed by atoms with Crippen LogP contribution in [0, 0.1) is 0 Å². The smallest absolute Gasteiger partial charge is 0.147 e. The summed E-state index contributed by atoms with van der Waals surface area (Å²) in [5.41, 5.74) is 12.6. The Kier molecular flexibility index (Phi) is 5.75. The second kappa shape index (κ2) is 11.4. The quantitative estimate of drug-likeness (QED) is 0.167. The van der Waals surface area contributed by atoms with Gasteiger partial charge in [0.2, 0.25) is 0 Å². The predicted octanol–water partition coefficient (Wildman–Crippen LogP) is 13.8. The van der Waals surface area contributed by atoms with Crippen LogP contribution in [-0.4, -0.2) is 18.5 Å². The summed E-state index contributed by atoms with van der Waals surface area (Å²) < 4.78 is 24.1. The molecule has 9 aromatic carbocycles. The Morgan fingerprint density at radius 2 is 0.895 bits per heavy atom. The van der Waals surface area contributed by atoms with Crippen LogP contribution in [0.5, 0.6) is 0 Å². The van der Waals surface area contributed by atoms with E-state index in [9.17, 15) is 0 Å². The van der Waals surface area contributed by atoms with E-state index in [-0.39, 0.29) is 0 Å². The lowest BCUT2D eigenvalue weighted by Crippen LogP contribution is -2.00. The normalized spacial score (nSPS) is 12.7. The highest BCUT2D eigenvalue weighted by Crippen LogP contribution is 2.41. The van der Waals surface area contributed by atoms with Gasteiger partial charge in [-0.3, -0.25) is 4.40 Å². The molecule has 0 spiro atoms. The van der Waals surface area contributed by atoms with Crippen molar-refractivity contribution < 1.29 is 2.74 Å². The fraction of sp³-hybridized carbons (Fsp3) is 0. The monoisotopic (exact) mass is 726 g/mol. The van der Waals surface area contributed by atoms with Crippen molar-refractivity contribution in [2.24, 2.45) is 0 Å². The Morgan fingerprint density at radius 3 is 1.58 bits per heavy atom. The molecule has 4 aromatic heterocycles. The van der Waals surface area contributed by atoms with Gasteiger partial charge >= 0.3 is 0 Å². The number of pyridine rings is 1. The van der Waals surface area contributed by atoms with Crippen molar-refractivity contribution in [3.63, 3.8) is 0 Å². The van der Waals surface area contributed by atoms with Gasteiger partial charge in [0, 0.05) is 43.7 Å². The zero-order valence-electron chi connectivity index (χ0n) is 32.6. The van der Waals surface area contributed by atoms with Gasteiger partial charge in [-0.25, -0.2) is 4.98 Å². The second-order valence-corrected chi connectivity index (χ2v) is 15.0. The first-order valence-corrected chi connectivity index (χ1v) is 19.4. The molecule has 0 saturated heterocycles. The first-order chi connectivity index (χ1) is 29.1. The molecule has 4 heteroatoms. The maximum Gasteiger partial charge on any atom is 0.147 e. The van der Waals surface area contributed by atoms with Crippen LogP contribution >= 0.6 is 0 Å². The third kappa shape index (κ3) is 4.24. The maximum absolute atomic E-state index is 8.53. The highest BCUT2D eigenvalue weighted by molar-refractivity contribution is 6.23. The molecule has 0 N–H and O–H groups in total. The van der Waals surface area contributed by atoms with Crippen molar-refractivity contribution in [2.45, 2.75) is 0 Å². The van der Waals surface area contributed by atoms with Crippen LogP contribution in [0.25, 0.3) is 115 Å². The number of benzene rings is 9. The summed E-state index contributed by atoms with van der Waals surface area (Å²) in [6.45, 7) is 0. The van der Waals surface area contributed by atoms with Gasteiger partial charge in [-0.05, 0) is 87.9 Å². The molecule has 0 radical (unpaired) electrons. The summed E-state index contributed by atoms with van der Waals surface area (Å²) in [4.78, 5) is 5.30. The van der Waals surface area contributed by atoms with Crippen LogP contribution in [0.2, 0.25) is 0 Å². The third-order valence-corrected chi connectivity index (χ3v) is 12.0. The molecule has 0 bridgehead atoms. The molecule has 57 heavy (non-hydrogen) atoms. The molecular formula is C53H32N4. The molecule has 0 fully saturated rings. The van der Waals surface area contributed by atoms with Gasteiger partial charge in [0.1, 0.15) is 5.65 Å². The molecule has 0 aliphatic rings. The number of para-hydroxylation sites is 6. The van der Waals surface area contributed by atoms with Crippen LogP contribution < -0.4 is 0 Å². The Labute approximate surface area is 329 Å². The summed E-state index contributed by atoms with van der Waals surface area (Å²) in [5.74, 6) is 0. The van der Waals surface area contributed by atoms with Crippen molar-refractivity contribution in [2.75, 3.05) is 0 Å². The molecule has 13 rings (SSSR count). The first-order valence-electron chi connectivity index (χ1n) is 20.4. The van der Waals surface area contributed by atoms with Gasteiger partial charge < -0.3 is 9.13 Å². The lowest BCUT2D eigenvalue weighted by Gasteiger charge is -2.17. The lowest BCUT2D eigenvalue weighted by molar-refractivity contribution is 1.13. The zero-order chi connectivity index (χ0) is 38.9. The van der Waals surface area contributed by atoms with Gasteiger partial charge in [0.25, 0.3) is 0 Å². The molecule has 4 nitrogen and oxygen atoms in total. The summed E-state index contributed by atoms with van der Waals surface area (Å²) in [5, 5.41) is 10.2. The van der Waals surface area contributed by atoms with E-state index in [0.717, 1.165) is 93.7 Å². The van der Waals surface area contributed by atoms with E-state index in [1.54, 1.807) is 0 Å². The van der Waals surface area contributed by atoms with Gasteiger partial charge in [0.15, 0.2) is 0 Å². The van der Waals surface area contributed by atoms with E-state index in [2.05, 4.69) is 171 Å². The maximum atomic E-state index is 8.53. The summed E-state index contributed by atoms with van der Waals surface area (Å²) in [7, 11) is 0. The van der Waals surface area contributed by atoms with Crippen LogP contribution in [0.3, 0.4) is 0 Å². The van der Waals surface area contributed by atoms with Gasteiger partial charge in [-0.15, -0.1) is 0 Å². The molecule has 0 atom stereocenters. The molecule has 13 aromatic rings. The molecule has 0 unspecified atom stereocenters. The van der Waals surface area contributed by atoms with Crippen LogP contribution in [0.4, 0.5) is 0 Å². The molecule has 0 amide bonds. The number of hydrogen-bond donors (Lipinski definition) is 0. The van der Waals surface area contributed by atoms with E-state index in [1.807, 2.05) is 24.3 Å². The third-order valence-electron chi connectivity index (χ3n) is 12.0. The van der Waals surface area contributed by atoms with E-state index in [4.69, 9.17) is 7.73 Å². The van der Waals surface area contributed by atoms with Gasteiger partial charge in [-0.2, -0.15) is 0 Å². The van der Waals surface area contributed by atoms with Crippen molar-refractivity contribution in [3.05, 3.63) is 194 Å². The van der Waals surface area contributed by atoms with Crippen molar-refractivity contribution >= 4 is 92.7 Å². The van der Waals surface area contributed by atoms with Crippen molar-refractivity contribution in [1.29, 1.82) is 0 Å². The zero-order valence-corrected chi connectivity index (χ0v) is 30.6. The minimum absolute atomic E-state index is 0.490. The van der Waals surface area contributed by atoms with Crippen molar-refractivity contribution in [3.8, 4) is 22.5 Å². The van der Waals surface area contributed by atoms with Gasteiger partial charge in [0.05, 0.1) is 41.4 Å². The van der Waals surface area contributed by atoms with Crippen LogP contribution in [0.15, 0.2) is 194 Å². The fourth-order valence-electron chi connectivity index (χ4n) is 9.59. The van der Waals surface area contributed by atoms with E-state index < -0.39 is 0 Å². The number of fused-ring (bicyclic) bond motifs is 16. The standard InChI is InChI=1S/C53H32N4/c1-2-14-38-33(13-1)25-28-44-43-27-26-34(31-51(43)57-50-24-12-7-19-45(50)54-53(57)52(38)44)35-29-36(55-46-20-8-3-15-39(46)40-16-4-9-21-47(40)55)32-37(30-35)56-48-22-10-5-17-41(48)42-18-6-11-23-49(42)56/h1-32H/i3D,5D.